The second-order valence-corrected chi connectivity index (χ2v) is 4.37. The summed E-state index contributed by atoms with van der Waals surface area (Å²) in [6.45, 7) is 0. The first-order valence-electron chi connectivity index (χ1n) is 5.57. The van der Waals surface area contributed by atoms with Crippen LogP contribution in [0.3, 0.4) is 0 Å². The monoisotopic (exact) mass is 317 g/mol. The summed E-state index contributed by atoms with van der Waals surface area (Å²) in [7, 11) is 0. The number of ether oxygens (including phenoxy) is 1. The molecular weight excluding hydrogens is 311 g/mol. The summed E-state index contributed by atoms with van der Waals surface area (Å²) in [5.74, 6) is -0.479. The number of nitrogens with zero attached hydrogens (tertiary/aromatic N) is 1. The van der Waals surface area contributed by atoms with Crippen molar-refractivity contribution in [1.29, 1.82) is 0 Å². The third kappa shape index (κ3) is 3.63. The van der Waals surface area contributed by atoms with Crippen LogP contribution in [-0.4, -0.2) is 11.3 Å². The largest absolute Gasteiger partial charge is 0.573 e. The van der Waals surface area contributed by atoms with E-state index >= 15 is 0 Å². The summed E-state index contributed by atoms with van der Waals surface area (Å²) < 4.78 is 41.1. The minimum absolute atomic E-state index is 0.0172. The lowest BCUT2D eigenvalue weighted by atomic mass is 10.0. The van der Waals surface area contributed by atoms with Gasteiger partial charge in [-0.05, 0) is 12.1 Å². The van der Waals surface area contributed by atoms with Crippen LogP contribution in [0.15, 0.2) is 42.5 Å². The van der Waals surface area contributed by atoms with Gasteiger partial charge in [0.1, 0.15) is 5.75 Å². The van der Waals surface area contributed by atoms with E-state index in [1.54, 1.807) is 0 Å². The summed E-state index contributed by atoms with van der Waals surface area (Å²) in [6, 6.07) is 8.80. The van der Waals surface area contributed by atoms with E-state index in [0.29, 0.717) is 0 Å². The van der Waals surface area contributed by atoms with E-state index in [9.17, 15) is 23.3 Å². The van der Waals surface area contributed by atoms with Crippen LogP contribution in [0, 0.1) is 10.1 Å². The van der Waals surface area contributed by atoms with E-state index in [1.807, 2.05) is 0 Å². The summed E-state index contributed by atoms with van der Waals surface area (Å²) >= 11 is 5.92. The lowest BCUT2D eigenvalue weighted by Crippen LogP contribution is -2.17. The van der Waals surface area contributed by atoms with Crippen molar-refractivity contribution in [3.8, 4) is 16.9 Å². The molecule has 0 heterocycles. The number of rotatable bonds is 3. The van der Waals surface area contributed by atoms with Crippen LogP contribution in [0.1, 0.15) is 0 Å². The van der Waals surface area contributed by atoms with Crippen molar-refractivity contribution in [3.63, 3.8) is 0 Å². The van der Waals surface area contributed by atoms with Crippen molar-refractivity contribution >= 4 is 17.3 Å². The highest BCUT2D eigenvalue weighted by molar-refractivity contribution is 6.33. The van der Waals surface area contributed by atoms with E-state index in [2.05, 4.69) is 4.74 Å². The smallest absolute Gasteiger partial charge is 0.405 e. The molecule has 8 heteroatoms. The molecule has 0 saturated heterocycles. The Labute approximate surface area is 121 Å². The van der Waals surface area contributed by atoms with Gasteiger partial charge in [-0.2, -0.15) is 0 Å². The second-order valence-electron chi connectivity index (χ2n) is 3.97. The summed E-state index contributed by atoms with van der Waals surface area (Å²) in [5, 5.41) is 10.8. The zero-order valence-electron chi connectivity index (χ0n) is 10.2. The van der Waals surface area contributed by atoms with Gasteiger partial charge in [-0.15, -0.1) is 13.2 Å². The van der Waals surface area contributed by atoms with Crippen molar-refractivity contribution in [2.24, 2.45) is 0 Å². The molecule has 0 N–H and O–H groups in total. The molecule has 0 aromatic heterocycles. The zero-order valence-corrected chi connectivity index (χ0v) is 11.0. The van der Waals surface area contributed by atoms with Crippen molar-refractivity contribution in [3.05, 3.63) is 57.6 Å². The lowest BCUT2D eigenvalue weighted by Gasteiger charge is -2.14. The molecule has 2 aromatic rings. The Morgan fingerprint density at radius 2 is 1.76 bits per heavy atom. The molecule has 0 fully saturated rings. The SMILES string of the molecule is O=[N+]([O-])c1ccc(Cl)c(-c2ccccc2OC(F)(F)F)c1. The molecule has 0 aliphatic heterocycles. The Balaban J connectivity index is 2.56. The first-order valence-corrected chi connectivity index (χ1v) is 5.95. The average Bonchev–Trinajstić information content (AvgIpc) is 2.38. The maximum atomic E-state index is 12.4. The highest BCUT2D eigenvalue weighted by Gasteiger charge is 2.32. The number of non-ortho nitro benzene ring substituents is 1. The predicted molar refractivity (Wildman–Crippen MR) is 70.2 cm³/mol. The average molecular weight is 318 g/mol. The number of halogens is 4. The van der Waals surface area contributed by atoms with Crippen molar-refractivity contribution in [2.45, 2.75) is 6.36 Å². The van der Waals surface area contributed by atoms with Gasteiger partial charge in [-0.1, -0.05) is 29.8 Å². The van der Waals surface area contributed by atoms with Gasteiger partial charge in [0.25, 0.3) is 5.69 Å². The first-order chi connectivity index (χ1) is 9.78. The minimum Gasteiger partial charge on any atom is -0.405 e. The number of benzene rings is 2. The maximum absolute atomic E-state index is 12.4. The molecule has 2 aromatic carbocycles. The topological polar surface area (TPSA) is 52.4 Å². The van der Waals surface area contributed by atoms with Crippen LogP contribution in [0.2, 0.25) is 5.02 Å². The van der Waals surface area contributed by atoms with Crippen molar-refractivity contribution in [2.75, 3.05) is 0 Å². The molecule has 0 saturated carbocycles. The van der Waals surface area contributed by atoms with Crippen molar-refractivity contribution in [1.82, 2.24) is 0 Å². The van der Waals surface area contributed by atoms with E-state index < -0.39 is 17.0 Å². The third-order valence-electron chi connectivity index (χ3n) is 2.56. The Morgan fingerprint density at radius 1 is 1.10 bits per heavy atom. The molecule has 21 heavy (non-hydrogen) atoms. The summed E-state index contributed by atoms with van der Waals surface area (Å²) in [4.78, 5) is 10.1. The van der Waals surface area contributed by atoms with E-state index in [0.717, 1.165) is 12.1 Å². The number of para-hydroxylation sites is 1. The fourth-order valence-electron chi connectivity index (χ4n) is 1.74. The second kappa shape index (κ2) is 5.61. The molecule has 0 aliphatic carbocycles. The van der Waals surface area contributed by atoms with E-state index in [1.165, 1.54) is 30.3 Å². The Bertz CT molecular complexity index is 689. The van der Waals surface area contributed by atoms with Gasteiger partial charge in [-0.3, -0.25) is 10.1 Å². The van der Waals surface area contributed by atoms with Gasteiger partial charge in [0, 0.05) is 28.3 Å². The molecule has 4 nitrogen and oxygen atoms in total. The maximum Gasteiger partial charge on any atom is 0.573 e. The molecule has 0 atom stereocenters. The van der Waals surface area contributed by atoms with Crippen molar-refractivity contribution < 1.29 is 22.8 Å². The third-order valence-corrected chi connectivity index (χ3v) is 2.89. The molecule has 0 radical (unpaired) electrons. The lowest BCUT2D eigenvalue weighted by molar-refractivity contribution is -0.384. The number of alkyl halides is 3. The number of nitro groups is 1. The van der Waals surface area contributed by atoms with Crippen LogP contribution in [0.5, 0.6) is 5.75 Å². The first kappa shape index (κ1) is 15.1. The van der Waals surface area contributed by atoms with Crippen LogP contribution in [-0.2, 0) is 0 Å². The molecule has 0 amide bonds. The van der Waals surface area contributed by atoms with Gasteiger partial charge in [0.15, 0.2) is 0 Å². The molecule has 0 bridgehead atoms. The standard InChI is InChI=1S/C13H7ClF3NO3/c14-11-6-5-8(18(19)20)7-10(11)9-3-1-2-4-12(9)21-13(15,16)17/h1-7H. The van der Waals surface area contributed by atoms with Crippen LogP contribution in [0.4, 0.5) is 18.9 Å². The predicted octanol–water partition coefficient (Wildman–Crippen LogP) is 4.81. The highest BCUT2D eigenvalue weighted by atomic mass is 35.5. The van der Waals surface area contributed by atoms with E-state index in [-0.39, 0.29) is 21.8 Å². The Kier molecular flexibility index (Phi) is 4.04. The number of hydrogen-bond donors (Lipinski definition) is 0. The minimum atomic E-state index is -4.87. The fourth-order valence-corrected chi connectivity index (χ4v) is 1.96. The normalized spacial score (nSPS) is 11.2. The molecule has 0 spiro atoms. The fraction of sp³-hybridized carbons (Fsp3) is 0.0769. The molecule has 0 aliphatic rings. The molecule has 110 valence electrons. The van der Waals surface area contributed by atoms with Crippen LogP contribution < -0.4 is 4.74 Å². The van der Waals surface area contributed by atoms with Gasteiger partial charge < -0.3 is 4.74 Å². The van der Waals surface area contributed by atoms with Gasteiger partial charge in [0.05, 0.1) is 4.92 Å². The summed E-state index contributed by atoms with van der Waals surface area (Å²) in [5.41, 5.74) is -0.176. The van der Waals surface area contributed by atoms with Gasteiger partial charge in [-0.25, -0.2) is 0 Å². The Hall–Kier alpha value is -2.28. The van der Waals surface area contributed by atoms with E-state index in [4.69, 9.17) is 11.6 Å². The molecule has 0 unspecified atom stereocenters. The van der Waals surface area contributed by atoms with Crippen LogP contribution in [0.25, 0.3) is 11.1 Å². The highest BCUT2D eigenvalue weighted by Crippen LogP contribution is 2.38. The molecule has 2 rings (SSSR count). The zero-order chi connectivity index (χ0) is 15.6. The number of nitro benzene ring substituents is 1. The van der Waals surface area contributed by atoms with Crippen LogP contribution >= 0.6 is 11.6 Å². The Morgan fingerprint density at radius 3 is 2.38 bits per heavy atom. The quantitative estimate of drug-likeness (QED) is 0.602. The number of hydrogen-bond acceptors (Lipinski definition) is 3. The van der Waals surface area contributed by atoms with Gasteiger partial charge in [0.2, 0.25) is 0 Å². The van der Waals surface area contributed by atoms with Gasteiger partial charge >= 0.3 is 6.36 Å². The summed E-state index contributed by atoms with van der Waals surface area (Å²) in [6.07, 6.45) is -4.87. The molecular formula is C13H7ClF3NO3.